The van der Waals surface area contributed by atoms with Gasteiger partial charge in [-0.05, 0) is 47.7 Å². The predicted molar refractivity (Wildman–Crippen MR) is 136 cm³/mol. The Morgan fingerprint density at radius 3 is 2.49 bits per heavy atom. The van der Waals surface area contributed by atoms with Crippen LogP contribution in [-0.2, 0) is 16.1 Å². The summed E-state index contributed by atoms with van der Waals surface area (Å²) in [5.41, 5.74) is -0.757. The molecule has 4 atom stereocenters. The summed E-state index contributed by atoms with van der Waals surface area (Å²) in [6.07, 6.45) is 2.42. The van der Waals surface area contributed by atoms with Crippen LogP contribution in [0.15, 0.2) is 67.3 Å². The van der Waals surface area contributed by atoms with Crippen molar-refractivity contribution < 1.29 is 29.0 Å². The Balaban J connectivity index is 2.00. The van der Waals surface area contributed by atoms with Crippen LogP contribution in [0.25, 0.3) is 0 Å². The van der Waals surface area contributed by atoms with E-state index in [1.54, 1.807) is 45.0 Å². The zero-order chi connectivity index (χ0) is 27.2. The van der Waals surface area contributed by atoms with Crippen molar-refractivity contribution in [2.75, 3.05) is 0 Å². The van der Waals surface area contributed by atoms with Gasteiger partial charge in [0.15, 0.2) is 0 Å². The Bertz CT molecular complexity index is 1190. The van der Waals surface area contributed by atoms with Crippen LogP contribution in [0.1, 0.15) is 44.2 Å². The van der Waals surface area contributed by atoms with Crippen LogP contribution in [0.2, 0.25) is 5.02 Å². The number of imidazole rings is 1. The topological polar surface area (TPSA) is 114 Å². The maximum Gasteiger partial charge on any atom is 0.342 e. The van der Waals surface area contributed by atoms with Crippen LogP contribution in [-0.4, -0.2) is 43.5 Å². The second-order valence-corrected chi connectivity index (χ2v) is 9.61. The molecule has 198 valence electrons. The molecule has 0 spiro atoms. The van der Waals surface area contributed by atoms with Gasteiger partial charge in [-0.2, -0.15) is 4.73 Å². The number of carbonyl (C=O) groups excluding carboxylic acids is 2. The molecule has 10 heteroatoms. The Morgan fingerprint density at radius 2 is 1.92 bits per heavy atom. The molecule has 0 aliphatic rings. The maximum absolute atomic E-state index is 13.7. The first kappa shape index (κ1) is 28.3. The molecule has 2 aromatic carbocycles. The van der Waals surface area contributed by atoms with Gasteiger partial charge in [0, 0.05) is 17.8 Å². The third-order valence-electron chi connectivity index (χ3n) is 6.58. The van der Waals surface area contributed by atoms with E-state index in [9.17, 15) is 24.2 Å². The van der Waals surface area contributed by atoms with Gasteiger partial charge in [0.05, 0.1) is 23.8 Å². The van der Waals surface area contributed by atoms with E-state index >= 15 is 0 Å². The third kappa shape index (κ3) is 6.74. The Labute approximate surface area is 220 Å². The van der Waals surface area contributed by atoms with Crippen molar-refractivity contribution in [3.05, 3.63) is 89.2 Å². The lowest BCUT2D eigenvalue weighted by Crippen LogP contribution is -2.57. The number of nitrogens with one attached hydrogen (secondary N) is 1. The van der Waals surface area contributed by atoms with Crippen molar-refractivity contribution in [2.45, 2.75) is 51.4 Å². The molecule has 1 aromatic heterocycles. The van der Waals surface area contributed by atoms with E-state index < -0.39 is 47.2 Å². The number of benzene rings is 2. The van der Waals surface area contributed by atoms with E-state index in [0.29, 0.717) is 10.6 Å². The molecule has 1 heterocycles. The van der Waals surface area contributed by atoms with Crippen LogP contribution >= 0.6 is 11.6 Å². The van der Waals surface area contributed by atoms with E-state index in [1.807, 2.05) is 0 Å². The Morgan fingerprint density at radius 1 is 1.22 bits per heavy atom. The number of halogens is 2. The van der Waals surface area contributed by atoms with Gasteiger partial charge in [0.25, 0.3) is 0 Å². The fourth-order valence-electron chi connectivity index (χ4n) is 4.41. The van der Waals surface area contributed by atoms with Crippen molar-refractivity contribution in [1.29, 1.82) is 0 Å². The molecule has 1 amide bonds. The minimum atomic E-state index is -1.73. The molecule has 3 N–H and O–H groups in total. The van der Waals surface area contributed by atoms with Crippen LogP contribution < -0.4 is 10.2 Å². The Hall–Kier alpha value is -3.27. The summed E-state index contributed by atoms with van der Waals surface area (Å²) >= 11 is 6.05. The summed E-state index contributed by atoms with van der Waals surface area (Å²) in [6.45, 7) is 5.23. The second kappa shape index (κ2) is 12.3. The lowest BCUT2D eigenvalue weighted by Gasteiger charge is -2.42. The average molecular weight is 532 g/mol. The molecule has 0 aliphatic carbocycles. The monoisotopic (exact) mass is 531 g/mol. The molecular formula is C27H31ClFN3O5. The zero-order valence-electron chi connectivity index (χ0n) is 20.8. The van der Waals surface area contributed by atoms with Crippen LogP contribution in [0, 0.1) is 17.7 Å². The summed E-state index contributed by atoms with van der Waals surface area (Å²) in [4.78, 5) is 36.1. The van der Waals surface area contributed by atoms with Crippen LogP contribution in [0.4, 0.5) is 4.39 Å². The first-order valence-corrected chi connectivity index (χ1v) is 12.3. The molecule has 4 unspecified atom stereocenters. The number of aliphatic hydroxyl groups is 2. The second-order valence-electron chi connectivity index (χ2n) is 9.18. The molecule has 37 heavy (non-hydrogen) atoms. The highest BCUT2D eigenvalue weighted by Crippen LogP contribution is 2.38. The van der Waals surface area contributed by atoms with Gasteiger partial charge < -0.3 is 20.4 Å². The number of aromatic nitrogens is 2. The summed E-state index contributed by atoms with van der Waals surface area (Å²) in [5.74, 6) is -5.44. The SMILES string of the molecule is CCC(O)(C(C)C)C(C(=O)NCc1cccc(Cl)c1)C(O)C(C(=O)On1ccnc1)c1ccc(F)cc1. The molecule has 3 rings (SSSR count). The van der Waals surface area contributed by atoms with E-state index in [1.165, 1.54) is 30.9 Å². The van der Waals surface area contributed by atoms with Crippen molar-refractivity contribution >= 4 is 23.5 Å². The number of carbonyl (C=O) groups is 2. The normalized spacial score (nSPS) is 15.5. The highest BCUT2D eigenvalue weighted by Gasteiger charge is 2.51. The fourth-order valence-corrected chi connectivity index (χ4v) is 4.62. The molecule has 0 aliphatic heterocycles. The number of rotatable bonds is 11. The van der Waals surface area contributed by atoms with Gasteiger partial charge in [0.1, 0.15) is 18.1 Å². The van der Waals surface area contributed by atoms with Crippen molar-refractivity contribution in [3.8, 4) is 0 Å². The third-order valence-corrected chi connectivity index (χ3v) is 6.82. The summed E-state index contributed by atoms with van der Waals surface area (Å²) in [5, 5.41) is 26.6. The summed E-state index contributed by atoms with van der Waals surface area (Å²) in [6, 6.07) is 11.8. The van der Waals surface area contributed by atoms with Gasteiger partial charge >= 0.3 is 5.97 Å². The number of aliphatic hydroxyl groups excluding tert-OH is 1. The van der Waals surface area contributed by atoms with Crippen molar-refractivity contribution in [3.63, 3.8) is 0 Å². The molecule has 0 radical (unpaired) electrons. The predicted octanol–water partition coefficient (Wildman–Crippen LogP) is 3.51. The standard InChI is InChI=1S/C27H31ClFN3O5/c1-4-27(36,17(2)3)23(25(34)31-15-18-6-5-7-20(28)14-18)24(33)22(19-8-10-21(29)11-9-19)26(35)37-32-13-12-30-16-32/h5-14,16-17,22-24,33,36H,4,15H2,1-3H3,(H,31,34). The van der Waals surface area contributed by atoms with E-state index in [0.717, 1.165) is 16.9 Å². The number of amides is 1. The maximum atomic E-state index is 13.7. The minimum Gasteiger partial charge on any atom is -0.391 e. The van der Waals surface area contributed by atoms with E-state index in [-0.39, 0.29) is 18.5 Å². The van der Waals surface area contributed by atoms with E-state index in [2.05, 4.69) is 10.3 Å². The van der Waals surface area contributed by atoms with Gasteiger partial charge in [-0.3, -0.25) is 4.79 Å². The van der Waals surface area contributed by atoms with Crippen molar-refractivity contribution in [2.24, 2.45) is 11.8 Å². The Kier molecular flexibility index (Phi) is 9.42. The molecule has 0 saturated heterocycles. The van der Waals surface area contributed by atoms with Crippen molar-refractivity contribution in [1.82, 2.24) is 15.0 Å². The fraction of sp³-hybridized carbons (Fsp3) is 0.370. The molecule has 0 fully saturated rings. The molecule has 8 nitrogen and oxygen atoms in total. The van der Waals surface area contributed by atoms with Gasteiger partial charge in [-0.1, -0.05) is 56.6 Å². The average Bonchev–Trinajstić information content (AvgIpc) is 3.37. The first-order valence-electron chi connectivity index (χ1n) is 11.9. The lowest BCUT2D eigenvalue weighted by atomic mass is 9.70. The van der Waals surface area contributed by atoms with Crippen LogP contribution in [0.5, 0.6) is 0 Å². The highest BCUT2D eigenvalue weighted by atomic mass is 35.5. The van der Waals surface area contributed by atoms with E-state index in [4.69, 9.17) is 16.4 Å². The molecule has 3 aromatic rings. The zero-order valence-corrected chi connectivity index (χ0v) is 21.6. The van der Waals surface area contributed by atoms with Gasteiger partial charge in [-0.25, -0.2) is 14.2 Å². The molecular weight excluding hydrogens is 501 g/mol. The van der Waals surface area contributed by atoms with Crippen LogP contribution in [0.3, 0.4) is 0 Å². The first-order chi connectivity index (χ1) is 17.6. The number of hydrogen-bond acceptors (Lipinski definition) is 6. The smallest absolute Gasteiger partial charge is 0.342 e. The summed E-state index contributed by atoms with van der Waals surface area (Å²) < 4.78 is 14.7. The number of hydrogen-bond donors (Lipinski definition) is 3. The minimum absolute atomic E-state index is 0.0845. The van der Waals surface area contributed by atoms with Gasteiger partial charge in [-0.15, -0.1) is 0 Å². The molecule has 0 bridgehead atoms. The molecule has 0 saturated carbocycles. The lowest BCUT2D eigenvalue weighted by molar-refractivity contribution is -0.162. The number of nitrogens with zero attached hydrogens (tertiary/aromatic N) is 2. The highest BCUT2D eigenvalue weighted by molar-refractivity contribution is 6.30. The summed E-state index contributed by atoms with van der Waals surface area (Å²) in [7, 11) is 0. The quantitative estimate of drug-likeness (QED) is 0.349. The van der Waals surface area contributed by atoms with Gasteiger partial charge in [0.2, 0.25) is 5.91 Å². The largest absolute Gasteiger partial charge is 0.391 e.